The van der Waals surface area contributed by atoms with Crippen LogP contribution in [0.15, 0.2) is 42.5 Å². The van der Waals surface area contributed by atoms with Crippen molar-refractivity contribution in [1.82, 2.24) is 10.2 Å². The molecule has 0 aliphatic rings. The number of aryl methyl sites for hydroxylation is 3. The fourth-order valence-electron chi connectivity index (χ4n) is 3.10. The Morgan fingerprint density at radius 1 is 1.03 bits per heavy atom. The Labute approximate surface area is 187 Å². The van der Waals surface area contributed by atoms with Crippen LogP contribution in [0.2, 0.25) is 0 Å². The molecule has 9 heteroatoms. The lowest BCUT2D eigenvalue weighted by Crippen LogP contribution is -2.32. The monoisotopic (exact) mass is 458 g/mol. The Morgan fingerprint density at radius 2 is 1.71 bits per heavy atom. The molecular formula is C22H26N4O3S2. The number of hydrogen-bond donors (Lipinski definition) is 1. The Morgan fingerprint density at radius 3 is 2.39 bits per heavy atom. The lowest BCUT2D eigenvalue weighted by molar-refractivity contribution is -0.116. The number of rotatable bonds is 8. The van der Waals surface area contributed by atoms with Gasteiger partial charge < -0.3 is 5.32 Å². The average Bonchev–Trinajstić information content (AvgIpc) is 3.15. The predicted octanol–water partition coefficient (Wildman–Crippen LogP) is 4.32. The molecule has 2 aromatic carbocycles. The minimum atomic E-state index is -3.46. The van der Waals surface area contributed by atoms with Crippen LogP contribution in [0.5, 0.6) is 0 Å². The van der Waals surface area contributed by atoms with Gasteiger partial charge in [-0.25, -0.2) is 8.42 Å². The predicted molar refractivity (Wildman–Crippen MR) is 126 cm³/mol. The molecule has 164 valence electrons. The number of sulfonamides is 1. The van der Waals surface area contributed by atoms with Crippen LogP contribution in [0, 0.1) is 20.8 Å². The molecule has 0 bridgehead atoms. The Kier molecular flexibility index (Phi) is 7.07. The van der Waals surface area contributed by atoms with E-state index in [4.69, 9.17) is 0 Å². The first-order valence-corrected chi connectivity index (χ1v) is 12.6. The van der Waals surface area contributed by atoms with Crippen molar-refractivity contribution in [2.75, 3.05) is 22.4 Å². The average molecular weight is 459 g/mol. The summed E-state index contributed by atoms with van der Waals surface area (Å²) in [5, 5.41) is 12.1. The van der Waals surface area contributed by atoms with E-state index in [9.17, 15) is 13.2 Å². The lowest BCUT2D eigenvalue weighted by atomic mass is 10.1. The zero-order valence-corrected chi connectivity index (χ0v) is 19.7. The largest absolute Gasteiger partial charge is 0.301 e. The number of carbonyl (C=O) groups excluding carboxylic acids is 1. The van der Waals surface area contributed by atoms with Crippen molar-refractivity contribution in [2.24, 2.45) is 0 Å². The van der Waals surface area contributed by atoms with E-state index in [1.54, 1.807) is 0 Å². The van der Waals surface area contributed by atoms with Gasteiger partial charge in [-0.05, 0) is 44.4 Å². The molecule has 0 unspecified atom stereocenters. The SMILES string of the molecule is Cc1ccc(-c2nnc(NC(=O)CCCN(c3cc(C)ccc3C)S(C)(=O)=O)s2)cc1. The van der Waals surface area contributed by atoms with Crippen LogP contribution in [0.1, 0.15) is 29.5 Å². The number of amides is 1. The van der Waals surface area contributed by atoms with Gasteiger partial charge in [0.25, 0.3) is 0 Å². The highest BCUT2D eigenvalue weighted by Gasteiger charge is 2.20. The van der Waals surface area contributed by atoms with E-state index < -0.39 is 10.0 Å². The van der Waals surface area contributed by atoms with E-state index in [1.807, 2.05) is 63.2 Å². The second kappa shape index (κ2) is 9.57. The molecule has 0 saturated heterocycles. The molecule has 0 spiro atoms. The number of hydrogen-bond acceptors (Lipinski definition) is 6. The number of benzene rings is 2. The summed E-state index contributed by atoms with van der Waals surface area (Å²) in [6, 6.07) is 13.6. The van der Waals surface area contributed by atoms with Crippen molar-refractivity contribution >= 4 is 38.1 Å². The maximum absolute atomic E-state index is 12.4. The highest BCUT2D eigenvalue weighted by molar-refractivity contribution is 7.92. The molecular weight excluding hydrogens is 432 g/mol. The molecule has 31 heavy (non-hydrogen) atoms. The van der Waals surface area contributed by atoms with Crippen molar-refractivity contribution < 1.29 is 13.2 Å². The first kappa shape index (κ1) is 22.9. The third kappa shape index (κ3) is 6.11. The first-order chi connectivity index (χ1) is 14.6. The first-order valence-electron chi connectivity index (χ1n) is 9.89. The van der Waals surface area contributed by atoms with E-state index in [-0.39, 0.29) is 18.9 Å². The molecule has 0 fully saturated rings. The van der Waals surface area contributed by atoms with Gasteiger partial charge in [0.05, 0.1) is 11.9 Å². The van der Waals surface area contributed by atoms with E-state index in [0.29, 0.717) is 17.2 Å². The van der Waals surface area contributed by atoms with E-state index in [0.717, 1.165) is 27.3 Å². The normalized spacial score (nSPS) is 11.4. The Hall–Kier alpha value is -2.78. The van der Waals surface area contributed by atoms with Gasteiger partial charge in [0.1, 0.15) is 5.01 Å². The second-order valence-corrected chi connectivity index (χ2v) is 10.4. The van der Waals surface area contributed by atoms with Gasteiger partial charge >= 0.3 is 0 Å². The summed E-state index contributed by atoms with van der Waals surface area (Å²) in [5.74, 6) is -0.221. The quantitative estimate of drug-likeness (QED) is 0.543. The van der Waals surface area contributed by atoms with Crippen molar-refractivity contribution in [3.05, 3.63) is 59.2 Å². The zero-order valence-electron chi connectivity index (χ0n) is 18.0. The molecule has 0 saturated carbocycles. The van der Waals surface area contributed by atoms with Gasteiger partial charge in [-0.1, -0.05) is 53.3 Å². The highest BCUT2D eigenvalue weighted by Crippen LogP contribution is 2.27. The Bertz CT molecular complexity index is 1170. The summed E-state index contributed by atoms with van der Waals surface area (Å²) in [4.78, 5) is 12.4. The van der Waals surface area contributed by atoms with Gasteiger partial charge in [0.15, 0.2) is 0 Å². The molecule has 1 N–H and O–H groups in total. The van der Waals surface area contributed by atoms with Crippen molar-refractivity contribution in [3.63, 3.8) is 0 Å². The van der Waals surface area contributed by atoms with Crippen LogP contribution >= 0.6 is 11.3 Å². The topological polar surface area (TPSA) is 92.3 Å². The minimum absolute atomic E-state index is 0.177. The molecule has 3 aromatic rings. The standard InChI is InChI=1S/C22H26N4O3S2/c1-15-8-11-18(12-9-15)21-24-25-22(30-21)23-20(27)6-5-13-26(31(4,28)29)19-14-16(2)7-10-17(19)3/h7-12,14H,5-6,13H2,1-4H3,(H,23,25,27). The van der Waals surface area contributed by atoms with Crippen LogP contribution in [0.25, 0.3) is 10.6 Å². The maximum Gasteiger partial charge on any atom is 0.232 e. The van der Waals surface area contributed by atoms with E-state index in [2.05, 4.69) is 15.5 Å². The summed E-state index contributed by atoms with van der Waals surface area (Å²) in [7, 11) is -3.46. The van der Waals surface area contributed by atoms with Gasteiger partial charge in [-0.15, -0.1) is 10.2 Å². The zero-order chi connectivity index (χ0) is 22.6. The van der Waals surface area contributed by atoms with Gasteiger partial charge in [0.2, 0.25) is 21.1 Å². The summed E-state index contributed by atoms with van der Waals surface area (Å²) in [6.45, 7) is 6.03. The number of carbonyl (C=O) groups is 1. The molecule has 0 atom stereocenters. The lowest BCUT2D eigenvalue weighted by Gasteiger charge is -2.24. The summed E-state index contributed by atoms with van der Waals surface area (Å²) in [5.41, 5.74) is 4.60. The van der Waals surface area contributed by atoms with Crippen LogP contribution in [0.3, 0.4) is 0 Å². The third-order valence-corrected chi connectivity index (χ3v) is 6.84. The molecule has 1 heterocycles. The number of nitrogens with one attached hydrogen (secondary N) is 1. The van der Waals surface area contributed by atoms with Gasteiger partial charge in [0, 0.05) is 18.5 Å². The summed E-state index contributed by atoms with van der Waals surface area (Å²) in [6.07, 6.45) is 1.74. The van der Waals surface area contributed by atoms with Crippen molar-refractivity contribution in [3.8, 4) is 10.6 Å². The molecule has 1 aromatic heterocycles. The van der Waals surface area contributed by atoms with Crippen LogP contribution in [0.4, 0.5) is 10.8 Å². The van der Waals surface area contributed by atoms with Crippen molar-refractivity contribution in [2.45, 2.75) is 33.6 Å². The fourth-order valence-corrected chi connectivity index (χ4v) is 4.88. The Balaban J connectivity index is 1.60. The molecule has 0 aliphatic carbocycles. The van der Waals surface area contributed by atoms with E-state index in [1.165, 1.54) is 21.9 Å². The van der Waals surface area contributed by atoms with Crippen LogP contribution < -0.4 is 9.62 Å². The van der Waals surface area contributed by atoms with Gasteiger partial charge in [-0.3, -0.25) is 9.10 Å². The number of nitrogens with zero attached hydrogens (tertiary/aromatic N) is 3. The number of aromatic nitrogens is 2. The highest BCUT2D eigenvalue weighted by atomic mass is 32.2. The maximum atomic E-state index is 12.4. The molecule has 3 rings (SSSR count). The van der Waals surface area contributed by atoms with Crippen LogP contribution in [-0.4, -0.2) is 37.3 Å². The third-order valence-electron chi connectivity index (χ3n) is 4.77. The van der Waals surface area contributed by atoms with Crippen molar-refractivity contribution in [1.29, 1.82) is 0 Å². The van der Waals surface area contributed by atoms with E-state index >= 15 is 0 Å². The smallest absolute Gasteiger partial charge is 0.232 e. The summed E-state index contributed by atoms with van der Waals surface area (Å²) < 4.78 is 26.0. The summed E-state index contributed by atoms with van der Waals surface area (Å²) >= 11 is 1.30. The molecule has 0 aliphatic heterocycles. The van der Waals surface area contributed by atoms with Crippen LogP contribution in [-0.2, 0) is 14.8 Å². The fraction of sp³-hybridized carbons (Fsp3) is 0.318. The van der Waals surface area contributed by atoms with Gasteiger partial charge in [-0.2, -0.15) is 0 Å². The molecule has 1 amide bonds. The minimum Gasteiger partial charge on any atom is -0.301 e. The molecule has 0 radical (unpaired) electrons. The second-order valence-electron chi connectivity index (χ2n) is 7.56. The number of anilines is 2. The molecule has 7 nitrogen and oxygen atoms in total.